The van der Waals surface area contributed by atoms with E-state index >= 15 is 0 Å². The van der Waals surface area contributed by atoms with E-state index in [1.54, 1.807) is 6.08 Å². The van der Waals surface area contributed by atoms with Gasteiger partial charge in [-0.15, -0.1) is 6.58 Å². The van der Waals surface area contributed by atoms with Crippen LogP contribution in [0.3, 0.4) is 0 Å². The molecule has 0 aliphatic heterocycles. The van der Waals surface area contributed by atoms with Crippen LogP contribution in [-0.4, -0.2) is 31.0 Å². The summed E-state index contributed by atoms with van der Waals surface area (Å²) in [5, 5.41) is 0. The van der Waals surface area contributed by atoms with Crippen molar-refractivity contribution < 1.29 is 14.2 Å². The quantitative estimate of drug-likeness (QED) is 0.449. The van der Waals surface area contributed by atoms with Gasteiger partial charge in [0.1, 0.15) is 0 Å². The van der Waals surface area contributed by atoms with Gasteiger partial charge in [0, 0.05) is 6.42 Å². The highest BCUT2D eigenvalue weighted by Crippen LogP contribution is 2.21. The fourth-order valence-electron chi connectivity index (χ4n) is 2.27. The molecule has 0 aliphatic rings. The van der Waals surface area contributed by atoms with Gasteiger partial charge in [0.15, 0.2) is 0 Å². The smallest absolute Gasteiger partial charge is 0.0839 e. The summed E-state index contributed by atoms with van der Waals surface area (Å²) in [6.07, 6.45) is 2.73. The Kier molecular flexibility index (Phi) is 8.39. The molecule has 1 rings (SSSR count). The molecule has 0 amide bonds. The Labute approximate surface area is 135 Å². The first-order valence-electron chi connectivity index (χ1n) is 7.95. The van der Waals surface area contributed by atoms with Gasteiger partial charge in [-0.25, -0.2) is 0 Å². The average molecular weight is 306 g/mol. The molecule has 0 fully saturated rings. The zero-order valence-electron chi connectivity index (χ0n) is 14.4. The molecule has 0 heterocycles. The fraction of sp³-hybridized carbons (Fsp3) is 0.579. The van der Waals surface area contributed by atoms with Crippen molar-refractivity contribution >= 4 is 0 Å². The third-order valence-corrected chi connectivity index (χ3v) is 3.20. The van der Waals surface area contributed by atoms with E-state index in [9.17, 15) is 0 Å². The van der Waals surface area contributed by atoms with Gasteiger partial charge in [-0.05, 0) is 33.3 Å². The van der Waals surface area contributed by atoms with Gasteiger partial charge < -0.3 is 14.2 Å². The van der Waals surface area contributed by atoms with Gasteiger partial charge in [-0.2, -0.15) is 0 Å². The van der Waals surface area contributed by atoms with E-state index < -0.39 is 0 Å². The second-order valence-corrected chi connectivity index (χ2v) is 6.37. The minimum atomic E-state index is -0.271. The van der Waals surface area contributed by atoms with Crippen molar-refractivity contribution in [3.05, 3.63) is 48.6 Å². The van der Waals surface area contributed by atoms with Gasteiger partial charge >= 0.3 is 0 Å². The van der Waals surface area contributed by atoms with Crippen LogP contribution in [0.1, 0.15) is 39.7 Å². The van der Waals surface area contributed by atoms with Crippen LogP contribution < -0.4 is 0 Å². The van der Waals surface area contributed by atoms with E-state index in [4.69, 9.17) is 14.2 Å². The Morgan fingerprint density at radius 2 is 1.86 bits per heavy atom. The second kappa shape index (κ2) is 9.78. The van der Waals surface area contributed by atoms with Crippen LogP contribution in [0, 0.1) is 0 Å². The zero-order chi connectivity index (χ0) is 16.4. The molecule has 0 saturated heterocycles. The predicted octanol–water partition coefficient (Wildman–Crippen LogP) is 4.37. The van der Waals surface area contributed by atoms with Gasteiger partial charge in [-0.1, -0.05) is 36.4 Å². The van der Waals surface area contributed by atoms with Crippen LogP contribution in [0.15, 0.2) is 43.0 Å². The van der Waals surface area contributed by atoms with Crippen molar-refractivity contribution in [2.24, 2.45) is 0 Å². The third kappa shape index (κ3) is 8.32. The van der Waals surface area contributed by atoms with E-state index in [0.29, 0.717) is 19.8 Å². The highest BCUT2D eigenvalue weighted by Gasteiger charge is 2.25. The fourth-order valence-corrected chi connectivity index (χ4v) is 2.27. The molecule has 1 atom stereocenters. The minimum absolute atomic E-state index is 0.0192. The third-order valence-electron chi connectivity index (χ3n) is 3.20. The Morgan fingerprint density at radius 3 is 2.45 bits per heavy atom. The van der Waals surface area contributed by atoms with Crippen molar-refractivity contribution in [3.8, 4) is 0 Å². The molecule has 0 N–H and O–H groups in total. The predicted molar refractivity (Wildman–Crippen MR) is 91.0 cm³/mol. The summed E-state index contributed by atoms with van der Waals surface area (Å²) in [6.45, 7) is 13.6. The highest BCUT2D eigenvalue weighted by molar-refractivity contribution is 5.13. The van der Waals surface area contributed by atoms with E-state index in [1.807, 2.05) is 32.0 Å². The molecule has 0 aliphatic carbocycles. The first kappa shape index (κ1) is 18.9. The maximum Gasteiger partial charge on any atom is 0.0839 e. The monoisotopic (exact) mass is 306 g/mol. The molecule has 0 spiro atoms. The largest absolute Gasteiger partial charge is 0.375 e. The molecular formula is C19H30O3. The topological polar surface area (TPSA) is 27.7 Å². The highest BCUT2D eigenvalue weighted by atomic mass is 16.5. The van der Waals surface area contributed by atoms with Gasteiger partial charge in [0.25, 0.3) is 0 Å². The molecule has 1 unspecified atom stereocenters. The van der Waals surface area contributed by atoms with Gasteiger partial charge in [0.2, 0.25) is 0 Å². The normalized spacial score (nSPS) is 13.3. The maximum atomic E-state index is 6.08. The minimum Gasteiger partial charge on any atom is -0.375 e. The lowest BCUT2D eigenvalue weighted by Gasteiger charge is -2.31. The lowest BCUT2D eigenvalue weighted by Crippen LogP contribution is -2.35. The molecule has 3 heteroatoms. The van der Waals surface area contributed by atoms with Crippen molar-refractivity contribution in [3.63, 3.8) is 0 Å². The van der Waals surface area contributed by atoms with Crippen LogP contribution in [0.5, 0.6) is 0 Å². The molecule has 0 aromatic heterocycles. The van der Waals surface area contributed by atoms with Crippen molar-refractivity contribution in [2.45, 2.75) is 58.5 Å². The summed E-state index contributed by atoms with van der Waals surface area (Å²) in [7, 11) is 0. The molecule has 22 heavy (non-hydrogen) atoms. The van der Waals surface area contributed by atoms with Gasteiger partial charge in [-0.3, -0.25) is 0 Å². The van der Waals surface area contributed by atoms with Crippen LogP contribution in [0.2, 0.25) is 0 Å². The van der Waals surface area contributed by atoms with E-state index in [2.05, 4.69) is 32.6 Å². The number of rotatable bonds is 11. The van der Waals surface area contributed by atoms with Crippen LogP contribution in [0.4, 0.5) is 0 Å². The molecule has 1 aromatic rings. The SMILES string of the molecule is C=CCOCC(CC(C)(C)OCc1ccccc1)OC(C)C. The molecule has 3 nitrogen and oxygen atoms in total. The van der Waals surface area contributed by atoms with E-state index in [1.165, 1.54) is 5.56 Å². The first-order valence-corrected chi connectivity index (χ1v) is 7.95. The Morgan fingerprint density at radius 1 is 1.18 bits per heavy atom. The molecule has 124 valence electrons. The molecular weight excluding hydrogens is 276 g/mol. The summed E-state index contributed by atoms with van der Waals surface area (Å²) in [6, 6.07) is 10.2. The summed E-state index contributed by atoms with van der Waals surface area (Å²) in [4.78, 5) is 0. The molecule has 1 aromatic carbocycles. The van der Waals surface area contributed by atoms with E-state index in [0.717, 1.165) is 6.42 Å². The summed E-state index contributed by atoms with van der Waals surface area (Å²) < 4.78 is 17.6. The second-order valence-electron chi connectivity index (χ2n) is 6.37. The number of ether oxygens (including phenoxy) is 3. The van der Waals surface area contributed by atoms with Crippen molar-refractivity contribution in [2.75, 3.05) is 13.2 Å². The zero-order valence-corrected chi connectivity index (χ0v) is 14.4. The number of benzene rings is 1. The lowest BCUT2D eigenvalue weighted by atomic mass is 10.0. The molecule has 0 radical (unpaired) electrons. The van der Waals surface area contributed by atoms with Crippen LogP contribution >= 0.6 is 0 Å². The summed E-state index contributed by atoms with van der Waals surface area (Å²) in [5.41, 5.74) is 0.909. The van der Waals surface area contributed by atoms with Crippen molar-refractivity contribution in [1.29, 1.82) is 0 Å². The Balaban J connectivity index is 2.50. The van der Waals surface area contributed by atoms with Crippen LogP contribution in [0.25, 0.3) is 0 Å². The molecule has 0 saturated carbocycles. The summed E-state index contributed by atoms with van der Waals surface area (Å²) >= 11 is 0. The Hall–Kier alpha value is -1.16. The van der Waals surface area contributed by atoms with E-state index in [-0.39, 0.29) is 17.8 Å². The average Bonchev–Trinajstić information content (AvgIpc) is 2.45. The van der Waals surface area contributed by atoms with Crippen LogP contribution in [-0.2, 0) is 20.8 Å². The van der Waals surface area contributed by atoms with Gasteiger partial charge in [0.05, 0.1) is 37.6 Å². The molecule has 0 bridgehead atoms. The lowest BCUT2D eigenvalue weighted by molar-refractivity contribution is -0.103. The standard InChI is InChI=1S/C19H30O3/c1-6-12-20-15-18(22-16(2)3)13-19(4,5)21-14-17-10-8-7-9-11-17/h6-11,16,18H,1,12-15H2,2-5H3. The Bertz CT molecular complexity index is 412. The maximum absolute atomic E-state index is 6.08. The van der Waals surface area contributed by atoms with Crippen molar-refractivity contribution in [1.82, 2.24) is 0 Å². The number of hydrogen-bond acceptors (Lipinski definition) is 3. The summed E-state index contributed by atoms with van der Waals surface area (Å²) in [5.74, 6) is 0. The first-order chi connectivity index (χ1) is 10.4. The number of hydrogen-bond donors (Lipinski definition) is 0.